The van der Waals surface area contributed by atoms with Gasteiger partial charge in [0.25, 0.3) is 5.91 Å². The van der Waals surface area contributed by atoms with Crippen molar-refractivity contribution in [2.75, 3.05) is 4.90 Å². The molecule has 0 aromatic heterocycles. The molecule has 0 saturated carbocycles. The summed E-state index contributed by atoms with van der Waals surface area (Å²) in [6.45, 7) is 10.2. The monoisotopic (exact) mass is 425 g/mol. The molecule has 164 valence electrons. The third-order valence-corrected chi connectivity index (χ3v) is 4.41. The van der Waals surface area contributed by atoms with Gasteiger partial charge in [0, 0.05) is 11.1 Å². The molecule has 0 bridgehead atoms. The molecule has 1 aliphatic heterocycles. The first-order valence-corrected chi connectivity index (χ1v) is 10.00. The fourth-order valence-electron chi connectivity index (χ4n) is 3.34. The van der Waals surface area contributed by atoms with Crippen molar-refractivity contribution >= 4 is 23.8 Å². The fourth-order valence-corrected chi connectivity index (χ4v) is 3.34. The lowest BCUT2D eigenvalue weighted by Crippen LogP contribution is -2.48. The van der Waals surface area contributed by atoms with Crippen LogP contribution in [0.4, 0.5) is 15.3 Å². The van der Waals surface area contributed by atoms with Crippen molar-refractivity contribution < 1.29 is 28.6 Å². The summed E-state index contributed by atoms with van der Waals surface area (Å²) in [4.78, 5) is 40.4. The number of hydrogen-bond acceptors (Lipinski definition) is 6. The Hall–Kier alpha value is -3.35. The number of hydrogen-bond donors (Lipinski definition) is 0. The van der Waals surface area contributed by atoms with Crippen molar-refractivity contribution in [1.82, 2.24) is 0 Å². The van der Waals surface area contributed by atoms with Gasteiger partial charge in [0.05, 0.1) is 5.69 Å². The molecule has 3 rings (SSSR count). The molecular formula is C24H27NO6. The second-order valence-electron chi connectivity index (χ2n) is 9.25. The predicted molar refractivity (Wildman–Crippen MR) is 115 cm³/mol. The lowest BCUT2D eigenvalue weighted by molar-refractivity contribution is -0.136. The lowest BCUT2D eigenvalue weighted by atomic mass is 9.87. The maximum Gasteiger partial charge on any atom is 0.510 e. The zero-order chi connectivity index (χ0) is 23.0. The predicted octanol–water partition coefficient (Wildman–Crippen LogP) is 5.16. The average molecular weight is 425 g/mol. The summed E-state index contributed by atoms with van der Waals surface area (Å²) < 4.78 is 16.5. The van der Waals surface area contributed by atoms with Crippen LogP contribution in [0.1, 0.15) is 52.7 Å². The zero-order valence-corrected chi connectivity index (χ0v) is 18.6. The summed E-state index contributed by atoms with van der Waals surface area (Å²) in [6, 6.07) is 15.2. The van der Waals surface area contributed by atoms with Gasteiger partial charge in [0.1, 0.15) is 11.2 Å². The SMILES string of the molecule is CC(C)(C)OC(=O)OC1(c2ccccc2)C(=O)N(C(=O)OC(C)(C)C)c2ccccc21. The largest absolute Gasteiger partial charge is 0.510 e. The highest BCUT2D eigenvalue weighted by Gasteiger charge is 2.58. The Labute approximate surface area is 181 Å². The highest BCUT2D eigenvalue weighted by atomic mass is 16.7. The number of para-hydroxylation sites is 1. The Morgan fingerprint density at radius 2 is 1.35 bits per heavy atom. The van der Waals surface area contributed by atoms with Gasteiger partial charge in [-0.3, -0.25) is 4.79 Å². The van der Waals surface area contributed by atoms with E-state index in [0.29, 0.717) is 11.1 Å². The number of fused-ring (bicyclic) bond motifs is 1. The number of benzene rings is 2. The van der Waals surface area contributed by atoms with Crippen molar-refractivity contribution in [3.05, 3.63) is 65.7 Å². The number of carbonyl (C=O) groups excluding carboxylic acids is 3. The third-order valence-electron chi connectivity index (χ3n) is 4.41. The van der Waals surface area contributed by atoms with Gasteiger partial charge in [-0.1, -0.05) is 48.5 Å². The Morgan fingerprint density at radius 1 is 0.806 bits per heavy atom. The van der Waals surface area contributed by atoms with E-state index in [0.717, 1.165) is 4.90 Å². The first-order valence-electron chi connectivity index (χ1n) is 10.00. The van der Waals surface area contributed by atoms with Crippen LogP contribution in [-0.4, -0.2) is 29.4 Å². The number of amides is 2. The van der Waals surface area contributed by atoms with Crippen LogP contribution < -0.4 is 4.90 Å². The van der Waals surface area contributed by atoms with Gasteiger partial charge in [0.2, 0.25) is 5.60 Å². The first kappa shape index (κ1) is 22.3. The number of imide groups is 1. The summed E-state index contributed by atoms with van der Waals surface area (Å²) in [6.07, 6.45) is -1.87. The summed E-state index contributed by atoms with van der Waals surface area (Å²) in [5, 5.41) is 0. The molecule has 0 saturated heterocycles. The summed E-state index contributed by atoms with van der Waals surface area (Å²) >= 11 is 0. The quantitative estimate of drug-likeness (QED) is 0.618. The highest BCUT2D eigenvalue weighted by molar-refractivity contribution is 6.22. The molecule has 2 aromatic carbocycles. The number of nitrogens with zero attached hydrogens (tertiary/aromatic N) is 1. The van der Waals surface area contributed by atoms with Crippen molar-refractivity contribution in [2.24, 2.45) is 0 Å². The maximum absolute atomic E-state index is 13.8. The average Bonchev–Trinajstić information content (AvgIpc) is 2.89. The van der Waals surface area contributed by atoms with Crippen LogP contribution in [0.2, 0.25) is 0 Å². The number of anilines is 1. The van der Waals surface area contributed by atoms with Crippen LogP contribution >= 0.6 is 0 Å². The second kappa shape index (κ2) is 7.72. The van der Waals surface area contributed by atoms with E-state index < -0.39 is 35.0 Å². The van der Waals surface area contributed by atoms with Crippen LogP contribution in [-0.2, 0) is 24.6 Å². The summed E-state index contributed by atoms with van der Waals surface area (Å²) in [7, 11) is 0. The van der Waals surface area contributed by atoms with Crippen molar-refractivity contribution in [1.29, 1.82) is 0 Å². The minimum atomic E-state index is -1.89. The first-order chi connectivity index (χ1) is 14.3. The van der Waals surface area contributed by atoms with E-state index in [1.807, 2.05) is 0 Å². The van der Waals surface area contributed by atoms with Gasteiger partial charge >= 0.3 is 12.2 Å². The highest BCUT2D eigenvalue weighted by Crippen LogP contribution is 2.47. The van der Waals surface area contributed by atoms with Crippen LogP contribution in [0.25, 0.3) is 0 Å². The van der Waals surface area contributed by atoms with E-state index in [4.69, 9.17) is 14.2 Å². The van der Waals surface area contributed by atoms with E-state index in [9.17, 15) is 14.4 Å². The number of ether oxygens (including phenoxy) is 3. The van der Waals surface area contributed by atoms with Crippen LogP contribution in [0.3, 0.4) is 0 Å². The van der Waals surface area contributed by atoms with Crippen LogP contribution in [0.15, 0.2) is 54.6 Å². The van der Waals surface area contributed by atoms with E-state index in [2.05, 4.69) is 0 Å². The molecule has 1 heterocycles. The second-order valence-corrected chi connectivity index (χ2v) is 9.25. The minimum Gasteiger partial charge on any atom is -0.443 e. The fraction of sp³-hybridized carbons (Fsp3) is 0.375. The van der Waals surface area contributed by atoms with Crippen LogP contribution in [0.5, 0.6) is 0 Å². The smallest absolute Gasteiger partial charge is 0.443 e. The van der Waals surface area contributed by atoms with E-state index >= 15 is 0 Å². The third kappa shape index (κ3) is 4.40. The topological polar surface area (TPSA) is 82.1 Å². The van der Waals surface area contributed by atoms with E-state index in [1.165, 1.54) is 0 Å². The molecule has 0 spiro atoms. The van der Waals surface area contributed by atoms with Crippen LogP contribution in [0, 0.1) is 0 Å². The molecule has 7 heteroatoms. The molecule has 31 heavy (non-hydrogen) atoms. The minimum absolute atomic E-state index is 0.286. The van der Waals surface area contributed by atoms with Gasteiger partial charge < -0.3 is 14.2 Å². The van der Waals surface area contributed by atoms with Gasteiger partial charge in [-0.2, -0.15) is 0 Å². The Morgan fingerprint density at radius 3 is 1.94 bits per heavy atom. The molecule has 0 fully saturated rings. The molecule has 2 aromatic rings. The molecule has 1 aliphatic rings. The molecular weight excluding hydrogens is 398 g/mol. The summed E-state index contributed by atoms with van der Waals surface area (Å²) in [5.74, 6) is -0.750. The lowest BCUT2D eigenvalue weighted by Gasteiger charge is -2.30. The van der Waals surface area contributed by atoms with Crippen molar-refractivity contribution in [3.8, 4) is 0 Å². The van der Waals surface area contributed by atoms with E-state index in [1.54, 1.807) is 96.1 Å². The molecule has 1 atom stereocenters. The van der Waals surface area contributed by atoms with E-state index in [-0.39, 0.29) is 5.69 Å². The van der Waals surface area contributed by atoms with Gasteiger partial charge in [-0.25, -0.2) is 14.5 Å². The Balaban J connectivity index is 2.18. The number of carbonyl (C=O) groups is 3. The molecule has 1 unspecified atom stereocenters. The summed E-state index contributed by atoms with van der Waals surface area (Å²) in [5.41, 5.74) is -2.52. The standard InChI is InChI=1S/C24H27NO6/c1-22(2,3)29-20(27)25-18-15-11-10-14-17(18)24(19(25)26,16-12-8-7-9-13-16)31-21(28)30-23(4,5)6/h7-15H,1-6H3. The maximum atomic E-state index is 13.8. The molecule has 0 N–H and O–H groups in total. The van der Waals surface area contributed by atoms with Gasteiger partial charge in [-0.15, -0.1) is 0 Å². The van der Waals surface area contributed by atoms with Gasteiger partial charge in [0.15, 0.2) is 0 Å². The normalized spacial score (nSPS) is 18.4. The molecule has 0 radical (unpaired) electrons. The zero-order valence-electron chi connectivity index (χ0n) is 18.6. The Kier molecular flexibility index (Phi) is 5.56. The molecule has 0 aliphatic carbocycles. The number of rotatable bonds is 2. The molecule has 2 amide bonds. The Bertz CT molecular complexity index is 1000. The van der Waals surface area contributed by atoms with Crippen molar-refractivity contribution in [3.63, 3.8) is 0 Å². The van der Waals surface area contributed by atoms with Crippen molar-refractivity contribution in [2.45, 2.75) is 58.3 Å². The van der Waals surface area contributed by atoms with Gasteiger partial charge in [-0.05, 0) is 47.6 Å². The molecule has 7 nitrogen and oxygen atoms in total.